The Labute approximate surface area is 295 Å². The number of esters is 1. The van der Waals surface area contributed by atoms with Crippen molar-refractivity contribution in [2.75, 3.05) is 11.5 Å². The van der Waals surface area contributed by atoms with E-state index in [1.165, 1.54) is 12.1 Å². The van der Waals surface area contributed by atoms with Gasteiger partial charge in [-0.15, -0.1) is 0 Å². The van der Waals surface area contributed by atoms with Gasteiger partial charge in [0.05, 0.1) is 24.5 Å². The molecule has 0 unspecified atom stereocenters. The van der Waals surface area contributed by atoms with E-state index in [4.69, 9.17) is 4.74 Å². The third-order valence-corrected chi connectivity index (χ3v) is 10.7. The Kier molecular flexibility index (Phi) is 7.94. The molecule has 7 heteroatoms. The fourth-order valence-corrected chi connectivity index (χ4v) is 8.53. The number of H-pyrrole nitrogens is 1. The minimum Gasteiger partial charge on any atom is -0.465 e. The lowest BCUT2D eigenvalue weighted by atomic mass is 9.50. The number of hydrogen-bond acceptors (Lipinski definition) is 4. The van der Waals surface area contributed by atoms with Gasteiger partial charge in [0.2, 0.25) is 5.91 Å². The van der Waals surface area contributed by atoms with Gasteiger partial charge in [0, 0.05) is 33.8 Å². The van der Waals surface area contributed by atoms with Gasteiger partial charge in [0.25, 0.3) is 0 Å². The van der Waals surface area contributed by atoms with Crippen LogP contribution in [-0.2, 0) is 26.3 Å². The van der Waals surface area contributed by atoms with Gasteiger partial charge in [-0.3, -0.25) is 14.4 Å². The van der Waals surface area contributed by atoms with Crippen LogP contribution in [0.4, 0.5) is 10.1 Å². The van der Waals surface area contributed by atoms with E-state index in [1.54, 1.807) is 30.0 Å². The van der Waals surface area contributed by atoms with Crippen molar-refractivity contribution in [1.29, 1.82) is 0 Å². The molecule has 1 amide bonds. The van der Waals surface area contributed by atoms with Gasteiger partial charge in [0.15, 0.2) is 5.78 Å². The molecule has 0 saturated carbocycles. The number of aromatic nitrogens is 1. The van der Waals surface area contributed by atoms with E-state index in [0.717, 1.165) is 38.7 Å². The zero-order valence-electron chi connectivity index (χ0n) is 28.7. The fourth-order valence-electron chi connectivity index (χ4n) is 8.53. The van der Waals surface area contributed by atoms with Crippen molar-refractivity contribution >= 4 is 34.3 Å². The second kappa shape index (κ2) is 12.5. The molecular weight excluding hydrogens is 639 g/mol. The number of rotatable bonds is 7. The van der Waals surface area contributed by atoms with Gasteiger partial charge < -0.3 is 14.6 Å². The Hall–Kier alpha value is -5.82. The Morgan fingerprint density at radius 3 is 2.22 bits per heavy atom. The zero-order valence-corrected chi connectivity index (χ0v) is 28.7. The number of halogens is 1. The second-order valence-electron chi connectivity index (χ2n) is 13.7. The van der Waals surface area contributed by atoms with Crippen molar-refractivity contribution in [2.45, 2.75) is 44.6 Å². The summed E-state index contributed by atoms with van der Waals surface area (Å²) in [6.07, 6.45) is 0. The summed E-state index contributed by atoms with van der Waals surface area (Å²) in [7, 11) is 0. The SMILES string of the molecule is CCOC(=O)[C@@H]1c2[nH]c3ccccc3c2[C@@H](c2ccc(C)cc2)[C@]2(C(=O)N(Cc3ccccc3)c3ccc(F)cc32)[C@H]1C(=O)c1ccc(C)cc1. The maximum Gasteiger partial charge on any atom is 0.315 e. The van der Waals surface area contributed by atoms with Crippen LogP contribution in [0.2, 0.25) is 0 Å². The van der Waals surface area contributed by atoms with E-state index in [0.29, 0.717) is 22.5 Å². The predicted molar refractivity (Wildman–Crippen MR) is 195 cm³/mol. The highest BCUT2D eigenvalue weighted by Crippen LogP contribution is 2.65. The Morgan fingerprint density at radius 2 is 1.51 bits per heavy atom. The smallest absolute Gasteiger partial charge is 0.315 e. The van der Waals surface area contributed by atoms with Crippen LogP contribution in [0, 0.1) is 25.6 Å². The summed E-state index contributed by atoms with van der Waals surface area (Å²) in [4.78, 5) is 51.2. The van der Waals surface area contributed by atoms with Crippen molar-refractivity contribution in [3.63, 3.8) is 0 Å². The number of hydrogen-bond donors (Lipinski definition) is 1. The maximum absolute atomic E-state index is 16.0. The molecule has 0 saturated heterocycles. The molecule has 6 nitrogen and oxygen atoms in total. The number of aromatic amines is 1. The molecule has 1 aliphatic carbocycles. The molecule has 1 aliphatic heterocycles. The van der Waals surface area contributed by atoms with Crippen LogP contribution in [0.5, 0.6) is 0 Å². The summed E-state index contributed by atoms with van der Waals surface area (Å²) < 4.78 is 21.6. The van der Waals surface area contributed by atoms with Crippen molar-refractivity contribution in [3.05, 3.63) is 172 Å². The number of ether oxygens (including phenoxy) is 1. The minimum atomic E-state index is -1.75. The van der Waals surface area contributed by atoms with Crippen molar-refractivity contribution < 1.29 is 23.5 Å². The molecule has 2 aliphatic rings. The van der Waals surface area contributed by atoms with E-state index in [-0.39, 0.29) is 24.8 Å². The number of ketones is 1. The summed E-state index contributed by atoms with van der Waals surface area (Å²) >= 11 is 0. The van der Waals surface area contributed by atoms with E-state index in [1.807, 2.05) is 105 Å². The molecule has 1 N–H and O–H groups in total. The van der Waals surface area contributed by atoms with Crippen molar-refractivity contribution in [1.82, 2.24) is 4.98 Å². The van der Waals surface area contributed by atoms with Crippen LogP contribution in [0.25, 0.3) is 10.9 Å². The number of Topliss-reactive ketones (excluding diaryl/α,β-unsaturated/α-hetero) is 1. The van der Waals surface area contributed by atoms with E-state index in [9.17, 15) is 4.79 Å². The number of carbonyl (C=O) groups excluding carboxylic acids is 3. The second-order valence-corrected chi connectivity index (χ2v) is 13.7. The molecule has 0 bridgehead atoms. The van der Waals surface area contributed by atoms with Crippen LogP contribution in [0.1, 0.15) is 68.2 Å². The van der Waals surface area contributed by atoms with Gasteiger partial charge in [-0.1, -0.05) is 108 Å². The highest BCUT2D eigenvalue weighted by atomic mass is 19.1. The average molecular weight is 677 g/mol. The van der Waals surface area contributed by atoms with Crippen LogP contribution < -0.4 is 4.90 Å². The summed E-state index contributed by atoms with van der Waals surface area (Å²) in [5.74, 6) is -5.22. The number of nitrogens with one attached hydrogen (secondary N) is 1. The highest BCUT2D eigenvalue weighted by molar-refractivity contribution is 6.16. The molecule has 0 fully saturated rings. The number of aryl methyl sites for hydroxylation is 2. The third-order valence-electron chi connectivity index (χ3n) is 10.7. The number of benzene rings is 5. The van der Waals surface area contributed by atoms with E-state index >= 15 is 14.0 Å². The first-order chi connectivity index (χ1) is 24.7. The van der Waals surface area contributed by atoms with Gasteiger partial charge in [-0.2, -0.15) is 0 Å². The molecule has 2 heterocycles. The van der Waals surface area contributed by atoms with Gasteiger partial charge in [0.1, 0.15) is 11.7 Å². The first-order valence-electron chi connectivity index (χ1n) is 17.3. The molecule has 1 aromatic heterocycles. The number of carbonyl (C=O) groups is 3. The largest absolute Gasteiger partial charge is 0.465 e. The molecule has 1 spiro atoms. The Balaban J connectivity index is 1.53. The number of fused-ring (bicyclic) bond motifs is 5. The molecule has 5 aromatic carbocycles. The first-order valence-corrected chi connectivity index (χ1v) is 17.3. The lowest BCUT2D eigenvalue weighted by Gasteiger charge is -2.48. The van der Waals surface area contributed by atoms with Crippen molar-refractivity contribution in [3.8, 4) is 0 Å². The molecule has 8 rings (SSSR count). The average Bonchev–Trinajstić information content (AvgIpc) is 3.62. The van der Waals surface area contributed by atoms with Crippen LogP contribution in [0.3, 0.4) is 0 Å². The minimum absolute atomic E-state index is 0.0734. The normalized spacial score (nSPS) is 20.7. The number of para-hydroxylation sites is 1. The van der Waals surface area contributed by atoms with E-state index in [2.05, 4.69) is 4.98 Å². The predicted octanol–water partition coefficient (Wildman–Crippen LogP) is 8.70. The third kappa shape index (κ3) is 5.02. The lowest BCUT2D eigenvalue weighted by Crippen LogP contribution is -2.58. The number of anilines is 1. The maximum atomic E-state index is 16.0. The molecule has 4 atom stereocenters. The quantitative estimate of drug-likeness (QED) is 0.136. The van der Waals surface area contributed by atoms with E-state index < -0.39 is 35.0 Å². The Bertz CT molecular complexity index is 2310. The molecule has 254 valence electrons. The summed E-state index contributed by atoms with van der Waals surface area (Å²) in [6, 6.07) is 36.8. The topological polar surface area (TPSA) is 79.5 Å². The fraction of sp³-hybridized carbons (Fsp3) is 0.205. The summed E-state index contributed by atoms with van der Waals surface area (Å²) in [5.41, 5.74) is 5.15. The number of amides is 1. The van der Waals surface area contributed by atoms with Gasteiger partial charge >= 0.3 is 5.97 Å². The first kappa shape index (κ1) is 32.4. The summed E-state index contributed by atoms with van der Waals surface area (Å²) in [6.45, 7) is 5.91. The lowest BCUT2D eigenvalue weighted by molar-refractivity contribution is -0.147. The monoisotopic (exact) mass is 676 g/mol. The zero-order chi connectivity index (χ0) is 35.4. The molecule has 0 radical (unpaired) electrons. The Morgan fingerprint density at radius 1 is 0.843 bits per heavy atom. The molecule has 6 aromatic rings. The molecular formula is C44H37FN2O4. The van der Waals surface area contributed by atoms with Crippen LogP contribution in [0.15, 0.2) is 121 Å². The summed E-state index contributed by atoms with van der Waals surface area (Å²) in [5, 5.41) is 0.820. The van der Waals surface area contributed by atoms with Gasteiger partial charge in [-0.05, 0) is 67.3 Å². The standard InChI is InChI=1S/C44H37FN2O4/c1-4-51-42(49)37-39(41(48)30-20-16-27(3)17-21-30)44(33-24-31(45)22-23-35(33)47(43(44)50)25-28-10-6-5-7-11-28)38(29-18-14-26(2)15-19-29)36-32-12-8-9-13-34(32)46-40(36)37/h5-24,37-39,46H,4,25H2,1-3H3/t37-,38+,39+,44-/m0/s1. The van der Waals surface area contributed by atoms with Crippen LogP contribution >= 0.6 is 0 Å². The molecule has 51 heavy (non-hydrogen) atoms. The highest BCUT2D eigenvalue weighted by Gasteiger charge is 2.69. The van der Waals surface area contributed by atoms with Crippen LogP contribution in [-0.4, -0.2) is 29.3 Å². The van der Waals surface area contributed by atoms with Crippen molar-refractivity contribution in [2.24, 2.45) is 5.92 Å². The number of nitrogens with zero attached hydrogens (tertiary/aromatic N) is 1. The van der Waals surface area contributed by atoms with Gasteiger partial charge in [-0.25, -0.2) is 4.39 Å².